The Hall–Kier alpha value is 0.0969. The normalized spacial score (nSPS) is 11.6. The highest BCUT2D eigenvalue weighted by atomic mass is 28.3. The van der Waals surface area contributed by atoms with E-state index in [1.165, 1.54) is 12.8 Å². The average Bonchev–Trinajstić information content (AvgIpc) is 2.17. The molecule has 14 heavy (non-hydrogen) atoms. The summed E-state index contributed by atoms with van der Waals surface area (Å²) in [6.07, 6.45) is 2.34. The fourth-order valence-corrected chi connectivity index (χ4v) is 3.47. The van der Waals surface area contributed by atoms with E-state index in [1.807, 2.05) is 13.8 Å². The van der Waals surface area contributed by atoms with E-state index >= 15 is 0 Å². The highest BCUT2D eigenvalue weighted by Crippen LogP contribution is 2.02. The minimum absolute atomic E-state index is 0.765. The highest BCUT2D eigenvalue weighted by Gasteiger charge is 2.21. The van der Waals surface area contributed by atoms with Gasteiger partial charge in [0.2, 0.25) is 0 Å². The van der Waals surface area contributed by atoms with Crippen molar-refractivity contribution in [2.75, 3.05) is 26.3 Å². The Kier molecular flexibility index (Phi) is 9.71. The molecule has 0 atom stereocenters. The van der Waals surface area contributed by atoms with Gasteiger partial charge in [-0.15, -0.1) is 0 Å². The van der Waals surface area contributed by atoms with E-state index in [0.29, 0.717) is 0 Å². The van der Waals surface area contributed by atoms with Gasteiger partial charge in [0.1, 0.15) is 0 Å². The summed E-state index contributed by atoms with van der Waals surface area (Å²) in [4.78, 5) is 0. The van der Waals surface area contributed by atoms with Crippen molar-refractivity contribution in [3.05, 3.63) is 0 Å². The van der Waals surface area contributed by atoms with Crippen LogP contribution in [-0.2, 0) is 8.85 Å². The number of hydrogen-bond acceptors (Lipinski definition) is 3. The van der Waals surface area contributed by atoms with Gasteiger partial charge >= 0.3 is 9.45 Å². The van der Waals surface area contributed by atoms with Gasteiger partial charge < -0.3 is 8.85 Å². The molecular weight excluding hydrogens is 194 g/mol. The Labute approximate surface area is 90.3 Å². The standard InChI is InChI=1S/C10H25NO2Si/c1-5-9-11(10-6-2)14(12-7-3)13-8-4/h14H,5-10H2,1-4H3. The van der Waals surface area contributed by atoms with E-state index in [-0.39, 0.29) is 0 Å². The van der Waals surface area contributed by atoms with E-state index in [4.69, 9.17) is 8.85 Å². The molecule has 86 valence electrons. The van der Waals surface area contributed by atoms with Crippen LogP contribution in [0.3, 0.4) is 0 Å². The molecule has 0 bridgehead atoms. The van der Waals surface area contributed by atoms with Gasteiger partial charge in [-0.1, -0.05) is 13.8 Å². The van der Waals surface area contributed by atoms with Crippen LogP contribution in [0.4, 0.5) is 0 Å². The van der Waals surface area contributed by atoms with Crippen LogP contribution >= 0.6 is 0 Å². The summed E-state index contributed by atoms with van der Waals surface area (Å²) in [6, 6.07) is 0. The Balaban J connectivity index is 4.06. The Morgan fingerprint density at radius 1 is 0.857 bits per heavy atom. The molecule has 0 spiro atoms. The van der Waals surface area contributed by atoms with E-state index < -0.39 is 9.45 Å². The first-order valence-electron chi connectivity index (χ1n) is 5.77. The number of hydrogen-bond donors (Lipinski definition) is 0. The zero-order valence-electron chi connectivity index (χ0n) is 10.1. The predicted octanol–water partition coefficient (Wildman–Crippen LogP) is 1.90. The zero-order valence-corrected chi connectivity index (χ0v) is 11.2. The van der Waals surface area contributed by atoms with Crippen LogP contribution in [0.5, 0.6) is 0 Å². The molecule has 0 aliphatic carbocycles. The summed E-state index contributed by atoms with van der Waals surface area (Å²) in [5.74, 6) is 0. The van der Waals surface area contributed by atoms with Crippen molar-refractivity contribution in [2.24, 2.45) is 0 Å². The molecule has 3 nitrogen and oxygen atoms in total. The quantitative estimate of drug-likeness (QED) is 0.553. The summed E-state index contributed by atoms with van der Waals surface area (Å²) in [5.41, 5.74) is 0. The molecule has 0 radical (unpaired) electrons. The lowest BCUT2D eigenvalue weighted by molar-refractivity contribution is 0.153. The van der Waals surface area contributed by atoms with Crippen LogP contribution in [0, 0.1) is 0 Å². The lowest BCUT2D eigenvalue weighted by Gasteiger charge is -2.28. The predicted molar refractivity (Wildman–Crippen MR) is 62.6 cm³/mol. The summed E-state index contributed by atoms with van der Waals surface area (Å²) >= 11 is 0. The van der Waals surface area contributed by atoms with Crippen LogP contribution in [0.2, 0.25) is 0 Å². The largest absolute Gasteiger partial charge is 0.411 e. The van der Waals surface area contributed by atoms with E-state index in [9.17, 15) is 0 Å². The summed E-state index contributed by atoms with van der Waals surface area (Å²) in [7, 11) is -1.55. The molecule has 0 rings (SSSR count). The Morgan fingerprint density at radius 3 is 1.57 bits per heavy atom. The molecule has 0 saturated carbocycles. The monoisotopic (exact) mass is 219 g/mol. The third-order valence-corrected chi connectivity index (χ3v) is 4.29. The van der Waals surface area contributed by atoms with Crippen LogP contribution in [0.1, 0.15) is 40.5 Å². The van der Waals surface area contributed by atoms with Crippen molar-refractivity contribution in [2.45, 2.75) is 40.5 Å². The molecule has 0 aliphatic heterocycles. The summed E-state index contributed by atoms with van der Waals surface area (Å²) in [6.45, 7) is 12.2. The van der Waals surface area contributed by atoms with Gasteiger partial charge in [0.15, 0.2) is 0 Å². The van der Waals surface area contributed by atoms with Gasteiger partial charge in [0.05, 0.1) is 0 Å². The maximum atomic E-state index is 5.69. The molecule has 0 aromatic carbocycles. The molecule has 0 amide bonds. The second kappa shape index (κ2) is 9.64. The minimum atomic E-state index is -1.55. The topological polar surface area (TPSA) is 21.7 Å². The highest BCUT2D eigenvalue weighted by molar-refractivity contribution is 6.41. The molecule has 0 aromatic rings. The van der Waals surface area contributed by atoms with Gasteiger partial charge in [-0.2, -0.15) is 0 Å². The smallest absolute Gasteiger partial charge is 0.385 e. The number of nitrogens with zero attached hydrogens (tertiary/aromatic N) is 1. The Morgan fingerprint density at radius 2 is 1.29 bits per heavy atom. The van der Waals surface area contributed by atoms with Crippen LogP contribution in [0.15, 0.2) is 0 Å². The van der Waals surface area contributed by atoms with Crippen molar-refractivity contribution in [3.8, 4) is 0 Å². The van der Waals surface area contributed by atoms with Gasteiger partial charge in [-0.25, -0.2) is 0 Å². The second-order valence-electron chi connectivity index (χ2n) is 3.25. The van der Waals surface area contributed by atoms with Crippen molar-refractivity contribution in [1.82, 2.24) is 4.57 Å². The molecule has 0 N–H and O–H groups in total. The van der Waals surface area contributed by atoms with Crippen LogP contribution < -0.4 is 0 Å². The maximum absolute atomic E-state index is 5.69. The first kappa shape index (κ1) is 14.1. The van der Waals surface area contributed by atoms with Gasteiger partial charge in [-0.3, -0.25) is 4.57 Å². The lowest BCUT2D eigenvalue weighted by Crippen LogP contribution is -2.45. The van der Waals surface area contributed by atoms with Crippen LogP contribution in [0.25, 0.3) is 0 Å². The molecule has 0 unspecified atom stereocenters. The fourth-order valence-electron chi connectivity index (χ4n) is 1.44. The maximum Gasteiger partial charge on any atom is 0.411 e. The SMILES string of the molecule is CCCN(CCC)[SiH](OCC)OCC. The first-order chi connectivity index (χ1) is 6.79. The Bertz CT molecular complexity index is 98.7. The molecule has 0 aliphatic rings. The molecule has 0 fully saturated rings. The van der Waals surface area contributed by atoms with Crippen molar-refractivity contribution in [3.63, 3.8) is 0 Å². The van der Waals surface area contributed by atoms with Gasteiger partial charge in [-0.05, 0) is 39.8 Å². The fraction of sp³-hybridized carbons (Fsp3) is 1.00. The first-order valence-corrected chi connectivity index (χ1v) is 7.23. The molecule has 0 saturated heterocycles. The third kappa shape index (κ3) is 5.75. The third-order valence-electron chi connectivity index (χ3n) is 1.94. The summed E-state index contributed by atoms with van der Waals surface area (Å²) < 4.78 is 13.8. The summed E-state index contributed by atoms with van der Waals surface area (Å²) in [5, 5.41) is 0. The van der Waals surface area contributed by atoms with Gasteiger partial charge in [0.25, 0.3) is 0 Å². The average molecular weight is 219 g/mol. The van der Waals surface area contributed by atoms with Gasteiger partial charge in [0, 0.05) is 13.2 Å². The van der Waals surface area contributed by atoms with Crippen LogP contribution in [-0.4, -0.2) is 40.3 Å². The number of rotatable bonds is 9. The van der Waals surface area contributed by atoms with E-state index in [0.717, 1.165) is 26.3 Å². The molecule has 0 heterocycles. The minimum Gasteiger partial charge on any atom is -0.385 e. The van der Waals surface area contributed by atoms with E-state index in [2.05, 4.69) is 18.4 Å². The lowest BCUT2D eigenvalue weighted by atomic mass is 10.4. The molecule has 4 heteroatoms. The second-order valence-corrected chi connectivity index (χ2v) is 5.26. The van der Waals surface area contributed by atoms with Crippen molar-refractivity contribution < 1.29 is 8.85 Å². The zero-order chi connectivity index (χ0) is 10.8. The molecular formula is C10H25NO2Si. The van der Waals surface area contributed by atoms with Crippen molar-refractivity contribution >= 4 is 9.45 Å². The van der Waals surface area contributed by atoms with Crippen molar-refractivity contribution in [1.29, 1.82) is 0 Å². The van der Waals surface area contributed by atoms with E-state index in [1.54, 1.807) is 0 Å². The molecule has 0 aromatic heterocycles.